The normalized spacial score (nSPS) is 19.0. The molecule has 0 N–H and O–H groups in total. The minimum Gasteiger partial charge on any atom is -0.456 e. The van der Waals surface area contributed by atoms with Crippen molar-refractivity contribution in [2.24, 2.45) is 5.92 Å². The molecule has 3 heteroatoms. The first kappa shape index (κ1) is 17.7. The zero-order chi connectivity index (χ0) is 18.9. The number of rotatable bonds is 5. The third-order valence-electron chi connectivity index (χ3n) is 6.44. The lowest BCUT2D eigenvalue weighted by atomic mass is 9.84. The third kappa shape index (κ3) is 3.51. The SMILES string of the molecule is O=CC1CN(Cc2ccc(-c3cc4cc(C5CCCCC5)ccc4o3)cc2)C1. The first-order valence-corrected chi connectivity index (χ1v) is 10.6. The van der Waals surface area contributed by atoms with Crippen molar-refractivity contribution in [3.63, 3.8) is 0 Å². The molecule has 3 aromatic rings. The van der Waals surface area contributed by atoms with Gasteiger partial charge in [-0.05, 0) is 48.1 Å². The molecule has 2 heterocycles. The molecule has 0 bridgehead atoms. The van der Waals surface area contributed by atoms with Crippen LogP contribution in [-0.4, -0.2) is 24.3 Å². The molecule has 1 aromatic heterocycles. The minimum atomic E-state index is 0.230. The van der Waals surface area contributed by atoms with E-state index in [9.17, 15) is 4.79 Å². The van der Waals surface area contributed by atoms with Crippen LogP contribution in [0.4, 0.5) is 0 Å². The van der Waals surface area contributed by atoms with Crippen molar-refractivity contribution in [1.82, 2.24) is 4.90 Å². The van der Waals surface area contributed by atoms with E-state index in [4.69, 9.17) is 4.42 Å². The standard InChI is InChI=1S/C25H27NO2/c27-17-19-15-26(16-19)14-18-6-8-21(9-7-18)25-13-23-12-22(10-11-24(23)28-25)20-4-2-1-3-5-20/h6-13,17,19-20H,1-5,14-16H2. The van der Waals surface area contributed by atoms with Crippen LogP contribution in [0.2, 0.25) is 0 Å². The van der Waals surface area contributed by atoms with E-state index in [1.54, 1.807) is 0 Å². The Morgan fingerprint density at radius 2 is 1.75 bits per heavy atom. The Hall–Kier alpha value is -2.39. The molecular weight excluding hydrogens is 346 g/mol. The van der Waals surface area contributed by atoms with Crippen LogP contribution in [0.15, 0.2) is 52.9 Å². The van der Waals surface area contributed by atoms with E-state index < -0.39 is 0 Å². The highest BCUT2D eigenvalue weighted by Crippen LogP contribution is 2.36. The molecule has 1 saturated heterocycles. The van der Waals surface area contributed by atoms with Gasteiger partial charge in [0.15, 0.2) is 0 Å². The summed E-state index contributed by atoms with van der Waals surface area (Å²) in [5.74, 6) is 1.89. The molecule has 1 aliphatic heterocycles. The van der Waals surface area contributed by atoms with Crippen LogP contribution in [0, 0.1) is 5.92 Å². The maximum atomic E-state index is 10.7. The highest BCUT2D eigenvalue weighted by Gasteiger charge is 2.25. The van der Waals surface area contributed by atoms with Gasteiger partial charge in [-0.3, -0.25) is 4.90 Å². The van der Waals surface area contributed by atoms with E-state index in [1.807, 2.05) is 0 Å². The van der Waals surface area contributed by atoms with Gasteiger partial charge in [-0.15, -0.1) is 0 Å². The van der Waals surface area contributed by atoms with Crippen LogP contribution in [0.3, 0.4) is 0 Å². The van der Waals surface area contributed by atoms with Gasteiger partial charge in [0.25, 0.3) is 0 Å². The Kier molecular flexibility index (Phi) is 4.77. The first-order chi connectivity index (χ1) is 13.8. The largest absolute Gasteiger partial charge is 0.456 e. The quantitative estimate of drug-likeness (QED) is 0.532. The van der Waals surface area contributed by atoms with Crippen molar-refractivity contribution in [3.05, 3.63) is 59.7 Å². The fraction of sp³-hybridized carbons (Fsp3) is 0.400. The molecule has 2 aliphatic rings. The lowest BCUT2D eigenvalue weighted by Gasteiger charge is -2.36. The van der Waals surface area contributed by atoms with Crippen LogP contribution >= 0.6 is 0 Å². The molecule has 0 spiro atoms. The second kappa shape index (κ2) is 7.56. The van der Waals surface area contributed by atoms with E-state index in [0.717, 1.165) is 48.7 Å². The van der Waals surface area contributed by atoms with Crippen LogP contribution in [0.5, 0.6) is 0 Å². The topological polar surface area (TPSA) is 33.5 Å². The van der Waals surface area contributed by atoms with Gasteiger partial charge in [-0.25, -0.2) is 0 Å². The lowest BCUT2D eigenvalue weighted by molar-refractivity contribution is -0.115. The highest BCUT2D eigenvalue weighted by atomic mass is 16.3. The van der Waals surface area contributed by atoms with Gasteiger partial charge in [0, 0.05) is 36.5 Å². The van der Waals surface area contributed by atoms with Gasteiger partial charge in [0.1, 0.15) is 17.6 Å². The van der Waals surface area contributed by atoms with Gasteiger partial charge in [0.05, 0.1) is 0 Å². The smallest absolute Gasteiger partial charge is 0.135 e. The van der Waals surface area contributed by atoms with Gasteiger partial charge in [0.2, 0.25) is 0 Å². The number of aldehydes is 1. The van der Waals surface area contributed by atoms with Crippen LogP contribution in [-0.2, 0) is 11.3 Å². The Labute approximate surface area is 166 Å². The van der Waals surface area contributed by atoms with Crippen molar-refractivity contribution in [2.45, 2.75) is 44.6 Å². The predicted molar refractivity (Wildman–Crippen MR) is 112 cm³/mol. The zero-order valence-corrected chi connectivity index (χ0v) is 16.3. The average molecular weight is 373 g/mol. The van der Waals surface area contributed by atoms with E-state index in [0.29, 0.717) is 0 Å². The molecule has 0 atom stereocenters. The minimum absolute atomic E-state index is 0.230. The monoisotopic (exact) mass is 373 g/mol. The molecule has 144 valence electrons. The maximum absolute atomic E-state index is 10.7. The van der Waals surface area contributed by atoms with Crippen LogP contribution in [0.1, 0.15) is 49.1 Å². The summed E-state index contributed by atoms with van der Waals surface area (Å²) in [4.78, 5) is 13.0. The summed E-state index contributed by atoms with van der Waals surface area (Å²) in [6.07, 6.45) is 7.82. The van der Waals surface area contributed by atoms with E-state index in [2.05, 4.69) is 53.4 Å². The highest BCUT2D eigenvalue weighted by molar-refractivity contribution is 5.83. The van der Waals surface area contributed by atoms with Crippen molar-refractivity contribution in [1.29, 1.82) is 0 Å². The van der Waals surface area contributed by atoms with Crippen LogP contribution < -0.4 is 0 Å². The number of furan rings is 1. The molecule has 0 amide bonds. The van der Waals surface area contributed by atoms with Crippen molar-refractivity contribution in [2.75, 3.05) is 13.1 Å². The number of nitrogens with zero attached hydrogens (tertiary/aromatic N) is 1. The number of likely N-dealkylation sites (tertiary alicyclic amines) is 1. The number of fused-ring (bicyclic) bond motifs is 1. The summed E-state index contributed by atoms with van der Waals surface area (Å²) < 4.78 is 6.13. The fourth-order valence-electron chi connectivity index (χ4n) is 4.75. The number of hydrogen-bond acceptors (Lipinski definition) is 3. The molecule has 28 heavy (non-hydrogen) atoms. The lowest BCUT2D eigenvalue weighted by Crippen LogP contribution is -2.46. The molecule has 3 nitrogen and oxygen atoms in total. The number of hydrogen-bond donors (Lipinski definition) is 0. The molecule has 1 saturated carbocycles. The first-order valence-electron chi connectivity index (χ1n) is 10.6. The summed E-state index contributed by atoms with van der Waals surface area (Å²) in [6.45, 7) is 2.69. The summed E-state index contributed by atoms with van der Waals surface area (Å²) in [6, 6.07) is 17.5. The Morgan fingerprint density at radius 1 is 0.964 bits per heavy atom. The van der Waals surface area contributed by atoms with Crippen LogP contribution in [0.25, 0.3) is 22.3 Å². The van der Waals surface area contributed by atoms with Gasteiger partial charge in [-0.1, -0.05) is 49.6 Å². The summed E-state index contributed by atoms with van der Waals surface area (Å²) in [5, 5.41) is 1.21. The number of carbonyl (C=O) groups is 1. The summed E-state index contributed by atoms with van der Waals surface area (Å²) in [5.41, 5.74) is 4.84. The summed E-state index contributed by atoms with van der Waals surface area (Å²) in [7, 11) is 0. The number of carbonyl (C=O) groups excluding carboxylic acids is 1. The van der Waals surface area contributed by atoms with E-state index >= 15 is 0 Å². The van der Waals surface area contributed by atoms with Gasteiger partial charge >= 0.3 is 0 Å². The summed E-state index contributed by atoms with van der Waals surface area (Å²) >= 11 is 0. The second-order valence-corrected chi connectivity index (χ2v) is 8.53. The molecular formula is C25H27NO2. The average Bonchev–Trinajstić information content (AvgIpc) is 3.15. The van der Waals surface area contributed by atoms with E-state index in [-0.39, 0.29) is 5.92 Å². The second-order valence-electron chi connectivity index (χ2n) is 8.53. The number of benzene rings is 2. The molecule has 1 aliphatic carbocycles. The molecule has 2 aromatic carbocycles. The molecule has 0 radical (unpaired) electrons. The van der Waals surface area contributed by atoms with Crippen molar-refractivity contribution >= 4 is 17.3 Å². The molecule has 5 rings (SSSR count). The van der Waals surface area contributed by atoms with E-state index in [1.165, 1.54) is 48.6 Å². The fourth-order valence-corrected chi connectivity index (χ4v) is 4.75. The Balaban J connectivity index is 1.32. The molecule has 2 fully saturated rings. The van der Waals surface area contributed by atoms with Gasteiger partial charge in [-0.2, -0.15) is 0 Å². The van der Waals surface area contributed by atoms with Gasteiger partial charge < -0.3 is 9.21 Å². The molecule has 0 unspecified atom stereocenters. The van der Waals surface area contributed by atoms with Crippen molar-refractivity contribution < 1.29 is 9.21 Å². The third-order valence-corrected chi connectivity index (χ3v) is 6.44. The Morgan fingerprint density at radius 3 is 2.50 bits per heavy atom. The zero-order valence-electron chi connectivity index (χ0n) is 16.3. The Bertz CT molecular complexity index is 960. The maximum Gasteiger partial charge on any atom is 0.135 e. The predicted octanol–water partition coefficient (Wildman–Crippen LogP) is 5.78. The van der Waals surface area contributed by atoms with Crippen molar-refractivity contribution in [3.8, 4) is 11.3 Å².